The molecule has 0 spiro atoms. The van der Waals surface area contributed by atoms with Crippen LogP contribution in [0.4, 0.5) is 0 Å². The van der Waals surface area contributed by atoms with Crippen molar-refractivity contribution in [2.75, 3.05) is 39.6 Å². The summed E-state index contributed by atoms with van der Waals surface area (Å²) in [6.07, 6.45) is 84.1. The Morgan fingerprint density at radius 3 is 0.814 bits per heavy atom. The van der Waals surface area contributed by atoms with Crippen molar-refractivity contribution in [3.8, 4) is 0 Å². The molecule has 102 heavy (non-hydrogen) atoms. The summed E-state index contributed by atoms with van der Waals surface area (Å²) in [7, 11) is -9.98. The van der Waals surface area contributed by atoms with E-state index in [0.29, 0.717) is 32.1 Å². The molecule has 0 aromatic heterocycles. The lowest BCUT2D eigenvalue weighted by atomic mass is 10.1. The summed E-state index contributed by atoms with van der Waals surface area (Å²) >= 11 is 0. The van der Waals surface area contributed by atoms with E-state index in [1.807, 2.05) is 0 Å². The predicted molar refractivity (Wildman–Crippen MR) is 417 cm³/mol. The van der Waals surface area contributed by atoms with E-state index < -0.39 is 97.5 Å². The van der Waals surface area contributed by atoms with Crippen LogP contribution in [-0.4, -0.2) is 96.7 Å². The quantitative estimate of drug-likeness (QED) is 0.0169. The van der Waals surface area contributed by atoms with Gasteiger partial charge in [-0.15, -0.1) is 0 Å². The topological polar surface area (TPSA) is 237 Å². The summed E-state index contributed by atoms with van der Waals surface area (Å²) in [4.78, 5) is 72.9. The van der Waals surface area contributed by atoms with Gasteiger partial charge < -0.3 is 33.8 Å². The van der Waals surface area contributed by atoms with Gasteiger partial charge in [-0.1, -0.05) is 263 Å². The molecule has 0 bridgehead atoms. The minimum Gasteiger partial charge on any atom is -0.462 e. The Morgan fingerprint density at radius 1 is 0.284 bits per heavy atom. The third-order valence-electron chi connectivity index (χ3n) is 15.8. The molecule has 0 saturated carbocycles. The van der Waals surface area contributed by atoms with E-state index >= 15 is 0 Å². The number of esters is 4. The van der Waals surface area contributed by atoms with Crippen LogP contribution >= 0.6 is 15.6 Å². The van der Waals surface area contributed by atoms with Crippen molar-refractivity contribution in [2.45, 2.75) is 316 Å². The molecule has 0 aromatic rings. The number of ether oxygens (including phenoxy) is 4. The summed E-state index contributed by atoms with van der Waals surface area (Å²) in [6, 6.07) is 0. The first-order valence-electron chi connectivity index (χ1n) is 39.1. The van der Waals surface area contributed by atoms with Crippen LogP contribution in [0.1, 0.15) is 297 Å². The maximum atomic E-state index is 13.1. The minimum atomic E-state index is -4.99. The van der Waals surface area contributed by atoms with Crippen LogP contribution in [0.15, 0.2) is 146 Å². The molecule has 0 fully saturated rings. The SMILES string of the molecule is CC/C=C\C/C=C\C/C=C\C/C=C\CCCCCCCCC(=O)OCC(COP(=O)(O)OCC(O)COP(=O)(O)OCC(COC(=O)CCCCCCCCC/C=C\C/C=C\C/C=C\CC)OC(=O)CCCC/C=C\C/C=C\C/C=C\C/C=C\CC)OC(=O)CCCCCCC/C=C\CCCC. The highest BCUT2D eigenvalue weighted by Gasteiger charge is 2.30. The van der Waals surface area contributed by atoms with Gasteiger partial charge >= 0.3 is 39.5 Å². The van der Waals surface area contributed by atoms with Crippen molar-refractivity contribution in [1.82, 2.24) is 0 Å². The maximum Gasteiger partial charge on any atom is 0.472 e. The van der Waals surface area contributed by atoms with E-state index in [4.69, 9.17) is 37.0 Å². The van der Waals surface area contributed by atoms with Crippen LogP contribution in [0.25, 0.3) is 0 Å². The molecule has 17 nitrogen and oxygen atoms in total. The largest absolute Gasteiger partial charge is 0.472 e. The monoisotopic (exact) mass is 1470 g/mol. The van der Waals surface area contributed by atoms with Crippen LogP contribution in [-0.2, 0) is 65.4 Å². The van der Waals surface area contributed by atoms with E-state index in [1.165, 1.54) is 12.8 Å². The second-order valence-electron chi connectivity index (χ2n) is 25.5. The molecule has 3 N–H and O–H groups in total. The Morgan fingerprint density at radius 2 is 0.510 bits per heavy atom. The third kappa shape index (κ3) is 73.3. The smallest absolute Gasteiger partial charge is 0.462 e. The molecule has 0 aliphatic rings. The van der Waals surface area contributed by atoms with Gasteiger partial charge in [0, 0.05) is 25.7 Å². The van der Waals surface area contributed by atoms with Crippen molar-refractivity contribution in [3.63, 3.8) is 0 Å². The molecule has 0 heterocycles. The number of unbranched alkanes of at least 4 members (excludes halogenated alkanes) is 22. The van der Waals surface area contributed by atoms with Crippen molar-refractivity contribution in [2.24, 2.45) is 0 Å². The van der Waals surface area contributed by atoms with Crippen LogP contribution < -0.4 is 0 Å². The summed E-state index contributed by atoms with van der Waals surface area (Å²) in [5.74, 6) is -2.26. The molecule has 5 unspecified atom stereocenters. The molecule has 0 aliphatic carbocycles. The number of phosphoric ester groups is 2. The van der Waals surface area contributed by atoms with E-state index in [1.54, 1.807) is 0 Å². The van der Waals surface area contributed by atoms with Crippen LogP contribution in [0.5, 0.6) is 0 Å². The Kier molecular flexibility index (Phi) is 70.5. The molecule has 5 atom stereocenters. The Balaban J connectivity index is 5.37. The predicted octanol–water partition coefficient (Wildman–Crippen LogP) is 22.7. The average Bonchev–Trinajstić information content (AvgIpc) is 0.926. The lowest BCUT2D eigenvalue weighted by Gasteiger charge is -2.21. The van der Waals surface area contributed by atoms with E-state index in [2.05, 4.69) is 174 Å². The number of hydrogen-bond donors (Lipinski definition) is 3. The van der Waals surface area contributed by atoms with Gasteiger partial charge in [0.2, 0.25) is 0 Å². The van der Waals surface area contributed by atoms with Gasteiger partial charge in [0.05, 0.1) is 26.4 Å². The van der Waals surface area contributed by atoms with E-state index in [9.17, 15) is 43.2 Å². The minimum absolute atomic E-state index is 0.0365. The molecular weight excluding hydrogens is 1330 g/mol. The summed E-state index contributed by atoms with van der Waals surface area (Å²) in [6.45, 7) is 4.41. The maximum absolute atomic E-state index is 13.1. The lowest BCUT2D eigenvalue weighted by Crippen LogP contribution is -2.30. The lowest BCUT2D eigenvalue weighted by molar-refractivity contribution is -0.161. The van der Waals surface area contributed by atoms with Gasteiger partial charge in [-0.05, 0) is 154 Å². The van der Waals surface area contributed by atoms with E-state index in [0.717, 1.165) is 199 Å². The summed E-state index contributed by atoms with van der Waals surface area (Å²) in [5, 5.41) is 10.6. The van der Waals surface area contributed by atoms with Crippen molar-refractivity contribution >= 4 is 39.5 Å². The van der Waals surface area contributed by atoms with E-state index in [-0.39, 0.29) is 25.7 Å². The zero-order chi connectivity index (χ0) is 74.6. The highest BCUT2D eigenvalue weighted by atomic mass is 31.2. The van der Waals surface area contributed by atoms with Gasteiger partial charge in [-0.2, -0.15) is 0 Å². The number of carbonyl (C=O) groups is 4. The molecular formula is C83H138O17P2. The Labute approximate surface area is 617 Å². The highest BCUT2D eigenvalue weighted by molar-refractivity contribution is 7.47. The number of aliphatic hydroxyl groups is 1. The van der Waals surface area contributed by atoms with Crippen molar-refractivity contribution in [3.05, 3.63) is 146 Å². The number of allylic oxidation sites excluding steroid dienone is 24. The Bertz CT molecular complexity index is 2510. The van der Waals surface area contributed by atoms with Crippen molar-refractivity contribution in [1.29, 1.82) is 0 Å². The first-order valence-corrected chi connectivity index (χ1v) is 42.1. The second kappa shape index (κ2) is 74.2. The molecule has 0 rings (SSSR count). The van der Waals surface area contributed by atoms with Crippen LogP contribution in [0.3, 0.4) is 0 Å². The van der Waals surface area contributed by atoms with Gasteiger partial charge in [0.1, 0.15) is 19.3 Å². The molecule has 582 valence electrons. The fourth-order valence-electron chi connectivity index (χ4n) is 9.90. The summed E-state index contributed by atoms with van der Waals surface area (Å²) < 4.78 is 68.5. The first kappa shape index (κ1) is 96.9. The van der Waals surface area contributed by atoms with Gasteiger partial charge in [0.15, 0.2) is 12.2 Å². The molecule has 0 saturated heterocycles. The Hall–Kier alpha value is -5.06. The van der Waals surface area contributed by atoms with Crippen LogP contribution in [0.2, 0.25) is 0 Å². The fourth-order valence-corrected chi connectivity index (χ4v) is 11.5. The zero-order valence-corrected chi connectivity index (χ0v) is 65.3. The third-order valence-corrected chi connectivity index (χ3v) is 17.7. The molecule has 0 amide bonds. The number of rotatable bonds is 72. The fraction of sp³-hybridized carbons (Fsp3) is 0.663. The normalized spacial score (nSPS) is 14.7. The van der Waals surface area contributed by atoms with Gasteiger partial charge in [-0.3, -0.25) is 37.3 Å². The van der Waals surface area contributed by atoms with Gasteiger partial charge in [0.25, 0.3) is 0 Å². The number of carbonyl (C=O) groups excluding carboxylic acids is 4. The number of aliphatic hydroxyl groups excluding tert-OH is 1. The number of phosphoric acid groups is 2. The molecule has 0 aliphatic heterocycles. The highest BCUT2D eigenvalue weighted by Crippen LogP contribution is 2.45. The first-order chi connectivity index (χ1) is 49.7. The summed E-state index contributed by atoms with van der Waals surface area (Å²) in [5.41, 5.74) is 0. The average molecular weight is 1470 g/mol. The van der Waals surface area contributed by atoms with Gasteiger partial charge in [-0.25, -0.2) is 9.13 Å². The molecule has 0 aromatic carbocycles. The second-order valence-corrected chi connectivity index (χ2v) is 28.4. The van der Waals surface area contributed by atoms with Crippen LogP contribution in [0, 0.1) is 0 Å². The molecule has 0 radical (unpaired) electrons. The van der Waals surface area contributed by atoms with Crippen molar-refractivity contribution < 1.29 is 80.2 Å². The molecule has 19 heteroatoms. The standard InChI is InChI=1S/C83H138O17P2/c1-5-9-13-17-21-25-29-32-35-37-38-40-43-45-49-52-56-60-64-68-80(85)93-73-78(99-82(87)69-65-61-57-53-47-28-24-20-16-12-8-4)75-97-101(89,90)95-71-77(84)72-96-102(91,92)98-76-79(100-83(88)70-66-62-58-54-50-46-41-34-31-27-23-19-15-11-7-3)74-94-81(86)67-63-59-55-51-48-44-42-39-36-33-30-26-22-18-14-10-6-2/h9-11,13-15,20-27,32-36,38,40-41,50,54,77-79,84H,5-8,12,16-19,28-31,37,39,42-49,51-53,55-76H2,1-4H3,(H,89,90)(H,91,92)/b13-9-,14-10-,15-11-,24-20-,25-21-,26-22-,27-23-,35-32-,36-33-,40-38-,41-34-,54-50-. The zero-order valence-electron chi connectivity index (χ0n) is 63.5. The number of hydrogen-bond acceptors (Lipinski definition) is 15.